The van der Waals surface area contributed by atoms with Crippen LogP contribution in [0.1, 0.15) is 22.3 Å². The van der Waals surface area contributed by atoms with E-state index in [0.29, 0.717) is 5.82 Å². The van der Waals surface area contributed by atoms with Gasteiger partial charge in [0.25, 0.3) is 0 Å². The van der Waals surface area contributed by atoms with E-state index in [-0.39, 0.29) is 0 Å². The minimum absolute atomic E-state index is 0.515. The van der Waals surface area contributed by atoms with Gasteiger partial charge in [0.15, 0.2) is 5.82 Å². The molecule has 1 aliphatic carbocycles. The van der Waals surface area contributed by atoms with E-state index in [1.54, 1.807) is 0 Å². The Morgan fingerprint density at radius 2 is 0.933 bits per heavy atom. The molecule has 0 spiro atoms. The number of fused-ring (bicyclic) bond motifs is 7. The van der Waals surface area contributed by atoms with Crippen LogP contribution >= 0.6 is 11.3 Å². The van der Waals surface area contributed by atoms with E-state index in [2.05, 4.69) is 218 Å². The Labute approximate surface area is 352 Å². The van der Waals surface area contributed by atoms with Crippen molar-refractivity contribution in [3.8, 4) is 56.2 Å². The molecule has 0 saturated carbocycles. The fourth-order valence-electron chi connectivity index (χ4n) is 9.65. The van der Waals surface area contributed by atoms with Crippen LogP contribution in [0.3, 0.4) is 0 Å². The Balaban J connectivity index is 1.09. The molecule has 9 aromatic carbocycles. The molecule has 0 N–H and O–H groups in total. The average molecular weight is 781 g/mol. The molecular formula is C57H36N2S. The molecule has 0 unspecified atom stereocenters. The first-order chi connectivity index (χ1) is 29.7. The lowest BCUT2D eigenvalue weighted by atomic mass is 9.67. The second kappa shape index (κ2) is 13.8. The lowest BCUT2D eigenvalue weighted by Gasteiger charge is -2.34. The van der Waals surface area contributed by atoms with Crippen LogP contribution in [-0.4, -0.2) is 9.97 Å². The maximum Gasteiger partial charge on any atom is 0.160 e. The standard InChI is InChI=1S/C57H36N2S/c1-3-17-42(18-4-1)57(43-19-5-2-6-20-43)50-25-13-11-22-45(50)46-31-29-40(35-51(46)57)52-36-53(59-56(58-52)41-28-27-37-15-7-8-16-38(37)33-41)47-23-10-9-21-44(47)39-30-32-55-49(34-39)48-24-12-14-26-54(48)60-55/h1-36H. The van der Waals surface area contributed by atoms with Crippen molar-refractivity contribution in [2.75, 3.05) is 0 Å². The largest absolute Gasteiger partial charge is 0.228 e. The maximum atomic E-state index is 5.43. The third-order valence-electron chi connectivity index (χ3n) is 12.4. The quantitative estimate of drug-likeness (QED) is 0.168. The lowest BCUT2D eigenvalue weighted by molar-refractivity contribution is 0.768. The number of thiophene rings is 1. The number of nitrogens with zero attached hydrogens (tertiary/aromatic N) is 2. The summed E-state index contributed by atoms with van der Waals surface area (Å²) in [5.41, 5.74) is 14.2. The van der Waals surface area contributed by atoms with Gasteiger partial charge in [0.2, 0.25) is 0 Å². The molecule has 280 valence electrons. The van der Waals surface area contributed by atoms with Crippen molar-refractivity contribution in [3.05, 3.63) is 241 Å². The van der Waals surface area contributed by atoms with Gasteiger partial charge in [-0.2, -0.15) is 0 Å². The zero-order chi connectivity index (χ0) is 39.6. The Bertz CT molecular complexity index is 3400. The predicted octanol–water partition coefficient (Wildman–Crippen LogP) is 15.0. The number of rotatable bonds is 6. The first-order valence-corrected chi connectivity index (χ1v) is 21.3. The second-order valence-electron chi connectivity index (χ2n) is 15.7. The number of aromatic nitrogens is 2. The van der Waals surface area contributed by atoms with E-state index in [9.17, 15) is 0 Å². The van der Waals surface area contributed by atoms with Crippen LogP contribution in [0.25, 0.3) is 87.1 Å². The van der Waals surface area contributed by atoms with E-state index in [4.69, 9.17) is 9.97 Å². The van der Waals surface area contributed by atoms with Gasteiger partial charge in [-0.1, -0.05) is 182 Å². The summed E-state index contributed by atoms with van der Waals surface area (Å²) in [5.74, 6) is 0.698. The van der Waals surface area contributed by atoms with Gasteiger partial charge in [-0.05, 0) is 91.7 Å². The molecule has 1 aliphatic rings. The monoisotopic (exact) mass is 780 g/mol. The SMILES string of the molecule is c1ccc(C2(c3ccccc3)c3ccccc3-c3ccc(-c4cc(-c5ccccc5-c5ccc6sc7ccccc7c6c5)nc(-c5ccc6ccccc6c5)n4)cc32)cc1. The van der Waals surface area contributed by atoms with Crippen LogP contribution in [0.15, 0.2) is 218 Å². The first-order valence-electron chi connectivity index (χ1n) is 20.5. The van der Waals surface area contributed by atoms with Gasteiger partial charge >= 0.3 is 0 Å². The summed E-state index contributed by atoms with van der Waals surface area (Å²) in [4.78, 5) is 10.8. The van der Waals surface area contributed by atoms with Gasteiger partial charge in [0.05, 0.1) is 16.8 Å². The molecule has 2 nitrogen and oxygen atoms in total. The minimum Gasteiger partial charge on any atom is -0.228 e. The molecule has 0 aliphatic heterocycles. The number of benzene rings is 9. The topological polar surface area (TPSA) is 25.8 Å². The minimum atomic E-state index is -0.515. The summed E-state index contributed by atoms with van der Waals surface area (Å²) >= 11 is 1.85. The molecule has 11 aromatic rings. The Morgan fingerprint density at radius 3 is 1.75 bits per heavy atom. The van der Waals surface area contributed by atoms with Crippen molar-refractivity contribution < 1.29 is 0 Å². The molecule has 3 heteroatoms. The van der Waals surface area contributed by atoms with Gasteiger partial charge in [-0.15, -0.1) is 11.3 Å². The van der Waals surface area contributed by atoms with E-state index < -0.39 is 5.41 Å². The summed E-state index contributed by atoms with van der Waals surface area (Å²) in [6.45, 7) is 0. The third kappa shape index (κ3) is 5.40. The third-order valence-corrected chi connectivity index (χ3v) is 13.5. The van der Waals surface area contributed by atoms with Crippen LogP contribution < -0.4 is 0 Å². The second-order valence-corrected chi connectivity index (χ2v) is 16.8. The molecule has 0 atom stereocenters. The number of hydrogen-bond acceptors (Lipinski definition) is 3. The van der Waals surface area contributed by atoms with Gasteiger partial charge in [0, 0.05) is 36.9 Å². The van der Waals surface area contributed by atoms with E-state index in [1.165, 1.54) is 64.5 Å². The van der Waals surface area contributed by atoms with E-state index in [1.807, 2.05) is 11.3 Å². The molecule has 2 heterocycles. The molecule has 0 saturated heterocycles. The van der Waals surface area contributed by atoms with Crippen molar-refractivity contribution in [2.45, 2.75) is 5.41 Å². The maximum absolute atomic E-state index is 5.43. The lowest BCUT2D eigenvalue weighted by Crippen LogP contribution is -2.28. The normalized spacial score (nSPS) is 12.8. The van der Waals surface area contributed by atoms with Crippen molar-refractivity contribution >= 4 is 42.3 Å². The highest BCUT2D eigenvalue weighted by molar-refractivity contribution is 7.25. The van der Waals surface area contributed by atoms with Crippen molar-refractivity contribution in [1.29, 1.82) is 0 Å². The predicted molar refractivity (Wildman–Crippen MR) is 251 cm³/mol. The molecule has 2 aromatic heterocycles. The Kier molecular flexibility index (Phi) is 7.97. The highest BCUT2D eigenvalue weighted by Crippen LogP contribution is 2.56. The zero-order valence-electron chi connectivity index (χ0n) is 32.6. The zero-order valence-corrected chi connectivity index (χ0v) is 33.4. The molecule has 0 amide bonds. The Morgan fingerprint density at radius 1 is 0.333 bits per heavy atom. The van der Waals surface area contributed by atoms with Gasteiger partial charge in [-0.25, -0.2) is 9.97 Å². The summed E-state index contributed by atoms with van der Waals surface area (Å²) < 4.78 is 2.60. The van der Waals surface area contributed by atoms with Crippen LogP contribution in [0.2, 0.25) is 0 Å². The van der Waals surface area contributed by atoms with Crippen LogP contribution in [0.5, 0.6) is 0 Å². The van der Waals surface area contributed by atoms with Crippen molar-refractivity contribution in [1.82, 2.24) is 9.97 Å². The fourth-order valence-corrected chi connectivity index (χ4v) is 10.7. The summed E-state index contributed by atoms with van der Waals surface area (Å²) in [7, 11) is 0. The first kappa shape index (κ1) is 34.6. The average Bonchev–Trinajstić information content (AvgIpc) is 3.85. The molecular weight excluding hydrogens is 745 g/mol. The van der Waals surface area contributed by atoms with Crippen LogP contribution in [-0.2, 0) is 5.41 Å². The van der Waals surface area contributed by atoms with E-state index in [0.717, 1.165) is 39.0 Å². The van der Waals surface area contributed by atoms with Gasteiger partial charge in [-0.3, -0.25) is 0 Å². The van der Waals surface area contributed by atoms with Crippen LogP contribution in [0, 0.1) is 0 Å². The molecule has 60 heavy (non-hydrogen) atoms. The highest BCUT2D eigenvalue weighted by Gasteiger charge is 2.46. The number of hydrogen-bond donors (Lipinski definition) is 0. The molecule has 12 rings (SSSR count). The van der Waals surface area contributed by atoms with Gasteiger partial charge < -0.3 is 0 Å². The van der Waals surface area contributed by atoms with Crippen LogP contribution in [0.4, 0.5) is 0 Å². The van der Waals surface area contributed by atoms with E-state index >= 15 is 0 Å². The van der Waals surface area contributed by atoms with Crippen molar-refractivity contribution in [2.24, 2.45) is 0 Å². The smallest absolute Gasteiger partial charge is 0.160 e. The molecule has 0 radical (unpaired) electrons. The Hall–Kier alpha value is -7.46. The summed E-state index contributed by atoms with van der Waals surface area (Å²) in [6.07, 6.45) is 0. The van der Waals surface area contributed by atoms with Gasteiger partial charge in [0.1, 0.15) is 0 Å². The molecule has 0 fully saturated rings. The fraction of sp³-hybridized carbons (Fsp3) is 0.0175. The highest BCUT2D eigenvalue weighted by atomic mass is 32.1. The summed E-state index contributed by atoms with van der Waals surface area (Å²) in [5, 5.41) is 4.92. The molecule has 0 bridgehead atoms. The van der Waals surface area contributed by atoms with Crippen molar-refractivity contribution in [3.63, 3.8) is 0 Å². The summed E-state index contributed by atoms with van der Waals surface area (Å²) in [6, 6.07) is 79.3.